The van der Waals surface area contributed by atoms with Gasteiger partial charge in [0.15, 0.2) is 11.6 Å². The van der Waals surface area contributed by atoms with E-state index in [1.807, 2.05) is 24.3 Å². The quantitative estimate of drug-likeness (QED) is 0.529. The van der Waals surface area contributed by atoms with Gasteiger partial charge < -0.3 is 26.3 Å². The molecule has 7 heteroatoms. The van der Waals surface area contributed by atoms with Gasteiger partial charge in [-0.2, -0.15) is 0 Å². The maximum atomic E-state index is 10.9. The van der Waals surface area contributed by atoms with Crippen molar-refractivity contribution >= 4 is 28.2 Å². The van der Waals surface area contributed by atoms with Crippen LogP contribution in [0.3, 0.4) is 0 Å². The fourth-order valence-electron chi connectivity index (χ4n) is 2.80. The van der Waals surface area contributed by atoms with Crippen LogP contribution in [0.4, 0.5) is 11.4 Å². The van der Waals surface area contributed by atoms with Crippen LogP contribution in [0.2, 0.25) is 0 Å². The third-order valence-electron chi connectivity index (χ3n) is 3.85. The number of nitro benzene ring substituents is 1. The zero-order valence-corrected chi connectivity index (χ0v) is 13.4. The molecule has 0 spiro atoms. The first-order valence-electron chi connectivity index (χ1n) is 6.76. The number of fused-ring (bicyclic) bond motifs is 3. The Balaban J connectivity index is 0.00000156. The zero-order valence-electron chi connectivity index (χ0n) is 11.8. The highest BCUT2D eigenvalue weighted by atomic mass is 79.9. The van der Waals surface area contributed by atoms with Crippen molar-refractivity contribution in [2.75, 3.05) is 4.90 Å². The van der Waals surface area contributed by atoms with Gasteiger partial charge in [0.2, 0.25) is 0 Å². The molecule has 0 aliphatic carbocycles. The molecular formula is C16H11BrN3O3-. The molecule has 1 aliphatic heterocycles. The summed E-state index contributed by atoms with van der Waals surface area (Å²) in [6.07, 6.45) is 0. The average molecular weight is 373 g/mol. The molecule has 23 heavy (non-hydrogen) atoms. The number of amidine groups is 1. The minimum atomic E-state index is -0.434. The van der Waals surface area contributed by atoms with Crippen LogP contribution in [0.1, 0.15) is 11.3 Å². The lowest BCUT2D eigenvalue weighted by Gasteiger charge is -2.17. The van der Waals surface area contributed by atoms with Gasteiger partial charge in [0.1, 0.15) is 5.58 Å². The molecule has 1 N–H and O–H groups in total. The molecule has 0 amide bonds. The number of nitrogens with zero attached hydrogens (tertiary/aromatic N) is 2. The second-order valence-corrected chi connectivity index (χ2v) is 5.12. The first-order valence-corrected chi connectivity index (χ1v) is 6.76. The molecule has 4 rings (SSSR count). The van der Waals surface area contributed by atoms with E-state index in [1.54, 1.807) is 17.0 Å². The van der Waals surface area contributed by atoms with E-state index in [-0.39, 0.29) is 28.5 Å². The van der Waals surface area contributed by atoms with Gasteiger partial charge in [-0.25, -0.2) is 0 Å². The molecule has 0 atom stereocenters. The van der Waals surface area contributed by atoms with Crippen LogP contribution in [0.15, 0.2) is 52.9 Å². The third-order valence-corrected chi connectivity index (χ3v) is 3.85. The number of nitrogens with one attached hydrogen (secondary N) is 1. The topological polar surface area (TPSA) is 83.4 Å². The van der Waals surface area contributed by atoms with Crippen molar-refractivity contribution in [2.24, 2.45) is 0 Å². The van der Waals surface area contributed by atoms with Crippen LogP contribution >= 0.6 is 0 Å². The van der Waals surface area contributed by atoms with Gasteiger partial charge in [-0.15, -0.1) is 0 Å². The molecule has 1 aliphatic rings. The molecule has 0 bridgehead atoms. The summed E-state index contributed by atoms with van der Waals surface area (Å²) < 4.78 is 5.75. The Morgan fingerprint density at radius 1 is 1.17 bits per heavy atom. The molecule has 2 heterocycles. The van der Waals surface area contributed by atoms with Crippen molar-refractivity contribution in [1.82, 2.24) is 0 Å². The summed E-state index contributed by atoms with van der Waals surface area (Å²) in [5.41, 5.74) is 2.34. The summed E-state index contributed by atoms with van der Waals surface area (Å²) in [7, 11) is 0. The highest BCUT2D eigenvalue weighted by Gasteiger charge is 2.31. The summed E-state index contributed by atoms with van der Waals surface area (Å²) in [6, 6.07) is 14.0. The Morgan fingerprint density at radius 2 is 1.96 bits per heavy atom. The van der Waals surface area contributed by atoms with Gasteiger partial charge in [0.05, 0.1) is 11.5 Å². The van der Waals surface area contributed by atoms with Crippen molar-refractivity contribution < 1.29 is 26.3 Å². The molecule has 0 unspecified atom stereocenters. The first-order chi connectivity index (χ1) is 10.6. The number of benzene rings is 2. The van der Waals surface area contributed by atoms with Gasteiger partial charge in [0, 0.05) is 28.8 Å². The van der Waals surface area contributed by atoms with Crippen LogP contribution in [0.5, 0.6) is 0 Å². The van der Waals surface area contributed by atoms with E-state index in [0.717, 1.165) is 16.5 Å². The van der Waals surface area contributed by atoms with E-state index in [2.05, 4.69) is 0 Å². The number of hydrogen-bond donors (Lipinski definition) is 1. The highest BCUT2D eigenvalue weighted by molar-refractivity contribution is 6.13. The minimum Gasteiger partial charge on any atom is -1.00 e. The molecule has 116 valence electrons. The lowest BCUT2D eigenvalue weighted by molar-refractivity contribution is -0.384. The Hall–Kier alpha value is -2.67. The number of anilines is 1. The number of hydrogen-bond acceptors (Lipinski definition) is 4. The Morgan fingerprint density at radius 3 is 2.74 bits per heavy atom. The van der Waals surface area contributed by atoms with Crippen LogP contribution in [0.25, 0.3) is 11.0 Å². The molecule has 3 aromatic rings. The monoisotopic (exact) mass is 372 g/mol. The van der Waals surface area contributed by atoms with E-state index in [9.17, 15) is 10.1 Å². The highest BCUT2D eigenvalue weighted by Crippen LogP contribution is 2.36. The summed E-state index contributed by atoms with van der Waals surface area (Å²) in [5, 5.41) is 20.2. The molecule has 6 nitrogen and oxygen atoms in total. The number of para-hydroxylation sites is 1. The number of halogens is 1. The van der Waals surface area contributed by atoms with Crippen molar-refractivity contribution in [3.8, 4) is 0 Å². The first kappa shape index (κ1) is 15.2. The van der Waals surface area contributed by atoms with Crippen LogP contribution in [-0.4, -0.2) is 10.8 Å². The summed E-state index contributed by atoms with van der Waals surface area (Å²) in [4.78, 5) is 12.2. The van der Waals surface area contributed by atoms with Gasteiger partial charge in [-0.1, -0.05) is 24.3 Å². The van der Waals surface area contributed by atoms with Gasteiger partial charge in [-0.3, -0.25) is 15.5 Å². The Kier molecular flexibility index (Phi) is 3.65. The predicted molar refractivity (Wildman–Crippen MR) is 82.3 cm³/mol. The van der Waals surface area contributed by atoms with E-state index in [1.165, 1.54) is 12.1 Å². The van der Waals surface area contributed by atoms with E-state index in [0.29, 0.717) is 18.0 Å². The predicted octanol–water partition coefficient (Wildman–Crippen LogP) is 0.691. The maximum absolute atomic E-state index is 10.9. The maximum Gasteiger partial charge on any atom is 0.271 e. The molecular weight excluding hydrogens is 362 g/mol. The molecule has 0 saturated carbocycles. The number of non-ortho nitro benzene ring substituents is 1. The van der Waals surface area contributed by atoms with Crippen LogP contribution in [-0.2, 0) is 6.54 Å². The smallest absolute Gasteiger partial charge is 0.271 e. The Bertz CT molecular complexity index is 935. The standard InChI is InChI=1S/C16H11N3O3.BrH/c17-16-15-13(12-6-1-2-7-14(12)22-15)9-18(16)10-4-3-5-11(8-10)19(20)21;/h1-8,17H,9H2;1H/p-1. The molecule has 0 fully saturated rings. The van der Waals surface area contributed by atoms with Crippen molar-refractivity contribution in [3.05, 3.63) is 70.0 Å². The fraction of sp³-hybridized carbons (Fsp3) is 0.0625. The normalized spacial score (nSPS) is 13.0. The van der Waals surface area contributed by atoms with Crippen molar-refractivity contribution in [3.63, 3.8) is 0 Å². The van der Waals surface area contributed by atoms with Gasteiger partial charge >= 0.3 is 0 Å². The number of rotatable bonds is 2. The lowest BCUT2D eigenvalue weighted by Crippen LogP contribution is -3.00. The SMILES string of the molecule is N=C1c2oc3ccccc3c2CN1c1cccc([N+](=O)[O-])c1.[Br-]. The average Bonchev–Trinajstić information content (AvgIpc) is 3.05. The Labute approximate surface area is 141 Å². The molecule has 0 saturated heterocycles. The largest absolute Gasteiger partial charge is 1.00 e. The minimum absolute atomic E-state index is 0. The van der Waals surface area contributed by atoms with E-state index < -0.39 is 4.92 Å². The fourth-order valence-corrected chi connectivity index (χ4v) is 2.80. The van der Waals surface area contributed by atoms with E-state index >= 15 is 0 Å². The van der Waals surface area contributed by atoms with Crippen molar-refractivity contribution in [1.29, 1.82) is 5.41 Å². The lowest BCUT2D eigenvalue weighted by atomic mass is 10.1. The molecule has 0 radical (unpaired) electrons. The second kappa shape index (κ2) is 5.51. The summed E-state index contributed by atoms with van der Waals surface area (Å²) in [6.45, 7) is 0.479. The third kappa shape index (κ3) is 2.29. The van der Waals surface area contributed by atoms with Crippen molar-refractivity contribution in [2.45, 2.75) is 6.54 Å². The van der Waals surface area contributed by atoms with Gasteiger partial charge in [-0.05, 0) is 12.1 Å². The molecule has 2 aromatic carbocycles. The van der Waals surface area contributed by atoms with Crippen LogP contribution < -0.4 is 21.9 Å². The molecule has 1 aromatic heterocycles. The van der Waals surface area contributed by atoms with Crippen LogP contribution in [0, 0.1) is 15.5 Å². The second-order valence-electron chi connectivity index (χ2n) is 5.12. The summed E-state index contributed by atoms with van der Waals surface area (Å²) in [5.74, 6) is 0.763. The number of furan rings is 1. The zero-order chi connectivity index (χ0) is 15.3. The van der Waals surface area contributed by atoms with Gasteiger partial charge in [0.25, 0.3) is 5.69 Å². The summed E-state index contributed by atoms with van der Waals surface area (Å²) >= 11 is 0. The number of nitro groups is 1. The van der Waals surface area contributed by atoms with E-state index in [4.69, 9.17) is 9.83 Å².